The highest BCUT2D eigenvalue weighted by molar-refractivity contribution is 5.83. The third-order valence-corrected chi connectivity index (χ3v) is 2.99. The zero-order chi connectivity index (χ0) is 13.2. The monoisotopic (exact) mass is 255 g/mol. The topological polar surface area (TPSA) is 50.8 Å². The number of anilines is 1. The third kappa shape index (κ3) is 1.99. The number of aromatic nitrogens is 2. The van der Waals surface area contributed by atoms with E-state index in [0.717, 1.165) is 17.7 Å². The van der Waals surface area contributed by atoms with Crippen molar-refractivity contribution in [3.05, 3.63) is 54.2 Å². The van der Waals surface area contributed by atoms with Crippen molar-refractivity contribution in [3.8, 4) is 0 Å². The Labute approximate surface area is 110 Å². The number of aldehydes is 1. The van der Waals surface area contributed by atoms with Crippen molar-refractivity contribution in [2.45, 2.75) is 6.54 Å². The van der Waals surface area contributed by atoms with Gasteiger partial charge < -0.3 is 9.32 Å². The summed E-state index contributed by atoms with van der Waals surface area (Å²) >= 11 is 0. The number of carbonyl (C=O) groups excluding carboxylic acids is 1. The first-order valence-electron chi connectivity index (χ1n) is 5.95. The van der Waals surface area contributed by atoms with Crippen molar-refractivity contribution in [2.75, 3.05) is 11.9 Å². The summed E-state index contributed by atoms with van der Waals surface area (Å²) in [5, 5.41) is 0. The molecule has 19 heavy (non-hydrogen) atoms. The maximum Gasteiger partial charge on any atom is 0.170 e. The average Bonchev–Trinajstić information content (AvgIpc) is 3.04. The van der Waals surface area contributed by atoms with Gasteiger partial charge in [-0.3, -0.25) is 9.20 Å². The number of pyridine rings is 1. The molecule has 0 saturated carbocycles. The van der Waals surface area contributed by atoms with Crippen molar-refractivity contribution >= 4 is 17.8 Å². The molecular weight excluding hydrogens is 242 g/mol. The van der Waals surface area contributed by atoms with Crippen LogP contribution in [0.15, 0.2) is 47.2 Å². The van der Waals surface area contributed by atoms with Gasteiger partial charge >= 0.3 is 0 Å². The van der Waals surface area contributed by atoms with Crippen LogP contribution in [-0.2, 0) is 6.54 Å². The maximum absolute atomic E-state index is 11.3. The van der Waals surface area contributed by atoms with Gasteiger partial charge in [0.25, 0.3) is 0 Å². The number of carbonyl (C=O) groups is 1. The number of rotatable bonds is 4. The molecule has 96 valence electrons. The fourth-order valence-corrected chi connectivity index (χ4v) is 2.10. The van der Waals surface area contributed by atoms with E-state index >= 15 is 0 Å². The van der Waals surface area contributed by atoms with E-state index in [0.29, 0.717) is 18.1 Å². The lowest BCUT2D eigenvalue weighted by atomic mass is 10.3. The van der Waals surface area contributed by atoms with Crippen LogP contribution < -0.4 is 4.90 Å². The molecule has 0 saturated heterocycles. The highest BCUT2D eigenvalue weighted by Gasteiger charge is 2.15. The van der Waals surface area contributed by atoms with E-state index in [-0.39, 0.29) is 0 Å². The normalized spacial score (nSPS) is 10.8. The molecule has 0 radical (unpaired) electrons. The zero-order valence-electron chi connectivity index (χ0n) is 10.5. The van der Waals surface area contributed by atoms with Crippen LogP contribution in [0.5, 0.6) is 0 Å². The molecule has 3 heterocycles. The van der Waals surface area contributed by atoms with Gasteiger partial charge in [-0.05, 0) is 24.3 Å². The molecule has 0 atom stereocenters. The zero-order valence-corrected chi connectivity index (χ0v) is 10.5. The summed E-state index contributed by atoms with van der Waals surface area (Å²) in [5.41, 5.74) is 1.30. The van der Waals surface area contributed by atoms with E-state index in [2.05, 4.69) is 4.98 Å². The fraction of sp³-hybridized carbons (Fsp3) is 0.143. The molecule has 0 amide bonds. The van der Waals surface area contributed by atoms with Gasteiger partial charge in [-0.2, -0.15) is 0 Å². The van der Waals surface area contributed by atoms with Crippen LogP contribution in [0.2, 0.25) is 0 Å². The average molecular weight is 255 g/mol. The molecule has 0 unspecified atom stereocenters. The highest BCUT2D eigenvalue weighted by atomic mass is 16.3. The van der Waals surface area contributed by atoms with Gasteiger partial charge in [-0.25, -0.2) is 4.98 Å². The highest BCUT2D eigenvalue weighted by Crippen LogP contribution is 2.20. The summed E-state index contributed by atoms with van der Waals surface area (Å²) in [6.07, 6.45) is 4.29. The Hall–Kier alpha value is -2.56. The van der Waals surface area contributed by atoms with E-state index in [1.165, 1.54) is 0 Å². The Kier molecular flexibility index (Phi) is 2.79. The predicted octanol–water partition coefficient (Wildman–Crippen LogP) is 2.38. The molecule has 0 bridgehead atoms. The number of imidazole rings is 1. The van der Waals surface area contributed by atoms with Crippen LogP contribution in [0.3, 0.4) is 0 Å². The van der Waals surface area contributed by atoms with Crippen molar-refractivity contribution in [1.82, 2.24) is 9.38 Å². The molecule has 5 heteroatoms. The summed E-state index contributed by atoms with van der Waals surface area (Å²) in [4.78, 5) is 17.7. The molecule has 3 aromatic rings. The molecule has 0 aromatic carbocycles. The fourth-order valence-electron chi connectivity index (χ4n) is 2.10. The minimum Gasteiger partial charge on any atom is -0.467 e. The Morgan fingerprint density at radius 2 is 2.26 bits per heavy atom. The largest absolute Gasteiger partial charge is 0.467 e. The minimum absolute atomic E-state index is 0.546. The molecule has 5 nitrogen and oxygen atoms in total. The standard InChI is InChI=1S/C14H13N3O2/c1-16(9-11-5-4-8-19-11)14-12(10-18)17-7-3-2-6-13(17)15-14/h2-8,10H,9H2,1H3. The van der Waals surface area contributed by atoms with E-state index in [1.807, 2.05) is 48.5 Å². The lowest BCUT2D eigenvalue weighted by molar-refractivity contribution is 0.111. The van der Waals surface area contributed by atoms with Crippen molar-refractivity contribution < 1.29 is 9.21 Å². The van der Waals surface area contributed by atoms with Gasteiger partial charge in [-0.1, -0.05) is 6.07 Å². The number of hydrogen-bond acceptors (Lipinski definition) is 4. The molecule has 0 aliphatic carbocycles. The number of furan rings is 1. The summed E-state index contributed by atoms with van der Waals surface area (Å²) in [6, 6.07) is 9.38. The molecular formula is C14H13N3O2. The smallest absolute Gasteiger partial charge is 0.170 e. The van der Waals surface area contributed by atoms with Gasteiger partial charge in [0.2, 0.25) is 0 Å². The molecule has 0 spiro atoms. The molecule has 0 fully saturated rings. The summed E-state index contributed by atoms with van der Waals surface area (Å²) < 4.78 is 7.09. The first-order valence-corrected chi connectivity index (χ1v) is 5.95. The van der Waals surface area contributed by atoms with Crippen LogP contribution in [0.25, 0.3) is 5.65 Å². The number of fused-ring (bicyclic) bond motifs is 1. The second-order valence-corrected chi connectivity index (χ2v) is 4.30. The van der Waals surface area contributed by atoms with Crippen molar-refractivity contribution in [2.24, 2.45) is 0 Å². The third-order valence-electron chi connectivity index (χ3n) is 2.99. The lowest BCUT2D eigenvalue weighted by Crippen LogP contribution is -2.18. The van der Waals surface area contributed by atoms with E-state index < -0.39 is 0 Å². The van der Waals surface area contributed by atoms with Crippen LogP contribution >= 0.6 is 0 Å². The van der Waals surface area contributed by atoms with Gasteiger partial charge in [-0.15, -0.1) is 0 Å². The first kappa shape index (κ1) is 11.5. The summed E-state index contributed by atoms with van der Waals surface area (Å²) in [5.74, 6) is 1.48. The summed E-state index contributed by atoms with van der Waals surface area (Å²) in [6.45, 7) is 0.567. The minimum atomic E-state index is 0.546. The van der Waals surface area contributed by atoms with Gasteiger partial charge in [0, 0.05) is 13.2 Å². The molecule has 0 N–H and O–H groups in total. The second-order valence-electron chi connectivity index (χ2n) is 4.30. The van der Waals surface area contributed by atoms with Gasteiger partial charge in [0.15, 0.2) is 12.1 Å². The maximum atomic E-state index is 11.3. The second kappa shape index (κ2) is 4.61. The summed E-state index contributed by atoms with van der Waals surface area (Å²) in [7, 11) is 1.89. The number of hydrogen-bond donors (Lipinski definition) is 0. The Morgan fingerprint density at radius 3 is 3.00 bits per heavy atom. The van der Waals surface area contributed by atoms with Crippen molar-refractivity contribution in [1.29, 1.82) is 0 Å². The first-order chi connectivity index (χ1) is 9.29. The van der Waals surface area contributed by atoms with E-state index in [1.54, 1.807) is 10.7 Å². The molecule has 3 aromatic heterocycles. The molecule has 0 aliphatic rings. The van der Waals surface area contributed by atoms with Crippen LogP contribution in [0, 0.1) is 0 Å². The Bertz CT molecular complexity index is 701. The molecule has 0 aliphatic heterocycles. The molecule has 3 rings (SSSR count). The van der Waals surface area contributed by atoms with Crippen LogP contribution in [0.4, 0.5) is 5.82 Å². The van der Waals surface area contributed by atoms with Gasteiger partial charge in [0.1, 0.15) is 17.1 Å². The number of nitrogens with zero attached hydrogens (tertiary/aromatic N) is 3. The SMILES string of the molecule is CN(Cc1ccco1)c1nc2ccccn2c1C=O. The van der Waals surface area contributed by atoms with Crippen LogP contribution in [-0.4, -0.2) is 22.7 Å². The van der Waals surface area contributed by atoms with Crippen LogP contribution in [0.1, 0.15) is 16.2 Å². The predicted molar refractivity (Wildman–Crippen MR) is 71.4 cm³/mol. The Balaban J connectivity index is 2.01. The van der Waals surface area contributed by atoms with E-state index in [9.17, 15) is 4.79 Å². The van der Waals surface area contributed by atoms with Crippen molar-refractivity contribution in [3.63, 3.8) is 0 Å². The Morgan fingerprint density at radius 1 is 1.37 bits per heavy atom. The lowest BCUT2D eigenvalue weighted by Gasteiger charge is -2.15. The van der Waals surface area contributed by atoms with E-state index in [4.69, 9.17) is 4.42 Å². The quantitative estimate of drug-likeness (QED) is 0.672. The van der Waals surface area contributed by atoms with Gasteiger partial charge in [0.05, 0.1) is 12.8 Å².